The Morgan fingerprint density at radius 2 is 1.97 bits per heavy atom. The molecule has 0 fully saturated rings. The Morgan fingerprint density at radius 3 is 2.79 bits per heavy atom. The minimum absolute atomic E-state index is 0.113. The van der Waals surface area contributed by atoms with Crippen LogP contribution in [0.25, 0.3) is 17.0 Å². The van der Waals surface area contributed by atoms with Crippen LogP contribution < -0.4 is 10.6 Å². The van der Waals surface area contributed by atoms with E-state index in [0.717, 1.165) is 42.5 Å². The predicted octanol–water partition coefficient (Wildman–Crippen LogP) is 4.07. The van der Waals surface area contributed by atoms with Gasteiger partial charge in [0.1, 0.15) is 0 Å². The summed E-state index contributed by atoms with van der Waals surface area (Å²) >= 11 is 0. The summed E-state index contributed by atoms with van der Waals surface area (Å²) in [7, 11) is -3.79. The molecule has 0 radical (unpaired) electrons. The van der Waals surface area contributed by atoms with Gasteiger partial charge in [-0.3, -0.25) is 14.9 Å². The normalized spacial score (nSPS) is 15.4. The third kappa shape index (κ3) is 5.71. The number of aromatic nitrogens is 1. The number of carbonyl (C=O) groups is 1. The van der Waals surface area contributed by atoms with Crippen LogP contribution in [0, 0.1) is 0 Å². The second kappa shape index (κ2) is 10.9. The Morgan fingerprint density at radius 1 is 1.13 bits per heavy atom. The molecule has 1 aromatic heterocycles. The number of nitrogens with two attached hydrogens (primary N) is 1. The van der Waals surface area contributed by atoms with E-state index in [1.165, 1.54) is 34.2 Å². The first-order valence-electron chi connectivity index (χ1n) is 12.5. The molecule has 3 aromatic carbocycles. The number of hydrogen-bond donors (Lipinski definition) is 4. The molecule has 0 spiro atoms. The highest BCUT2D eigenvalue weighted by molar-refractivity contribution is 7.89. The van der Waals surface area contributed by atoms with Crippen LogP contribution in [0.5, 0.6) is 0 Å². The molecule has 0 aliphatic heterocycles. The van der Waals surface area contributed by atoms with Crippen molar-refractivity contribution in [1.82, 2.24) is 15.4 Å². The lowest BCUT2D eigenvalue weighted by Gasteiger charge is -2.30. The number of nitrogens with one attached hydrogen (secondary N) is 2. The topological polar surface area (TPSA) is 129 Å². The summed E-state index contributed by atoms with van der Waals surface area (Å²) in [6, 6.07) is 21.4. The van der Waals surface area contributed by atoms with Crippen LogP contribution in [-0.4, -0.2) is 36.0 Å². The second-order valence-electron chi connectivity index (χ2n) is 9.59. The Balaban J connectivity index is 1.43. The lowest BCUT2D eigenvalue weighted by Crippen LogP contribution is -2.29. The molecule has 38 heavy (non-hydrogen) atoms. The number of carbonyl (C=O) groups excluding carboxylic acids is 1. The van der Waals surface area contributed by atoms with Crippen molar-refractivity contribution in [2.24, 2.45) is 5.14 Å². The van der Waals surface area contributed by atoms with Gasteiger partial charge >= 0.3 is 0 Å². The molecule has 5 N–H and O–H groups in total. The molecule has 4 aromatic rings. The van der Waals surface area contributed by atoms with E-state index in [-0.39, 0.29) is 10.9 Å². The van der Waals surface area contributed by atoms with Crippen molar-refractivity contribution in [2.45, 2.75) is 36.7 Å². The zero-order valence-electron chi connectivity index (χ0n) is 20.8. The number of hydroxylamine groups is 1. The number of hydrogen-bond acceptors (Lipinski definition) is 5. The first-order valence-corrected chi connectivity index (χ1v) is 14.0. The third-order valence-corrected chi connectivity index (χ3v) is 8.06. The van der Waals surface area contributed by atoms with E-state index >= 15 is 0 Å². The summed E-state index contributed by atoms with van der Waals surface area (Å²) in [5.41, 5.74) is 8.18. The van der Waals surface area contributed by atoms with Gasteiger partial charge in [0.05, 0.1) is 4.90 Å². The SMILES string of the molecule is NS(=O)(=O)c1cccc(CN(CCc2c[nH]c3ccccc23)C2CCc3cc(/C=C/C(=O)NO)ccc32)c1. The Bertz CT molecular complexity index is 1610. The van der Waals surface area contributed by atoms with Gasteiger partial charge in [0, 0.05) is 42.3 Å². The summed E-state index contributed by atoms with van der Waals surface area (Å²) in [6.45, 7) is 1.36. The number of para-hydroxylation sites is 1. The van der Waals surface area contributed by atoms with E-state index in [0.29, 0.717) is 6.54 Å². The molecule has 1 aliphatic rings. The van der Waals surface area contributed by atoms with Gasteiger partial charge < -0.3 is 4.98 Å². The van der Waals surface area contributed by atoms with Gasteiger partial charge in [-0.1, -0.05) is 48.5 Å². The molecule has 5 rings (SSSR count). The maximum absolute atomic E-state index is 12.0. The highest BCUT2D eigenvalue weighted by Gasteiger charge is 2.28. The molecule has 196 valence electrons. The number of aromatic amines is 1. The smallest absolute Gasteiger partial charge is 0.267 e. The van der Waals surface area contributed by atoms with Crippen molar-refractivity contribution in [3.05, 3.63) is 107 Å². The van der Waals surface area contributed by atoms with Crippen molar-refractivity contribution in [2.75, 3.05) is 6.54 Å². The highest BCUT2D eigenvalue weighted by Crippen LogP contribution is 2.37. The average Bonchev–Trinajstić information content (AvgIpc) is 3.53. The largest absolute Gasteiger partial charge is 0.361 e. The van der Waals surface area contributed by atoms with E-state index in [9.17, 15) is 13.2 Å². The van der Waals surface area contributed by atoms with Gasteiger partial charge in [0.25, 0.3) is 5.91 Å². The van der Waals surface area contributed by atoms with Crippen molar-refractivity contribution < 1.29 is 18.4 Å². The number of benzene rings is 3. The number of nitrogens with zero attached hydrogens (tertiary/aromatic N) is 1. The third-order valence-electron chi connectivity index (χ3n) is 7.15. The molecule has 1 amide bonds. The van der Waals surface area contributed by atoms with Crippen LogP contribution in [-0.2, 0) is 34.2 Å². The lowest BCUT2D eigenvalue weighted by atomic mass is 10.0. The summed E-state index contributed by atoms with van der Waals surface area (Å²) in [6.07, 6.45) is 7.69. The maximum Gasteiger partial charge on any atom is 0.267 e. The van der Waals surface area contributed by atoms with Gasteiger partial charge in [-0.2, -0.15) is 0 Å². The van der Waals surface area contributed by atoms with Crippen LogP contribution in [0.2, 0.25) is 0 Å². The summed E-state index contributed by atoms with van der Waals surface area (Å²) < 4.78 is 23.9. The fourth-order valence-electron chi connectivity index (χ4n) is 5.31. The van der Waals surface area contributed by atoms with Crippen molar-refractivity contribution in [3.8, 4) is 0 Å². The predicted molar refractivity (Wildman–Crippen MR) is 147 cm³/mol. The maximum atomic E-state index is 12.0. The van der Waals surface area contributed by atoms with Crippen molar-refractivity contribution >= 4 is 32.9 Å². The number of H-pyrrole nitrogens is 1. The number of aryl methyl sites for hydroxylation is 1. The quantitative estimate of drug-likeness (QED) is 0.147. The number of primary sulfonamides is 1. The molecule has 1 atom stereocenters. The van der Waals surface area contributed by atoms with Crippen molar-refractivity contribution in [1.29, 1.82) is 0 Å². The lowest BCUT2D eigenvalue weighted by molar-refractivity contribution is -0.124. The van der Waals surface area contributed by atoms with Crippen LogP contribution in [0.15, 0.2) is 83.9 Å². The molecular weight excluding hydrogens is 500 g/mol. The van der Waals surface area contributed by atoms with Crippen LogP contribution in [0.3, 0.4) is 0 Å². The summed E-state index contributed by atoms with van der Waals surface area (Å²) in [4.78, 5) is 17.2. The monoisotopic (exact) mass is 530 g/mol. The summed E-state index contributed by atoms with van der Waals surface area (Å²) in [5.74, 6) is -0.575. The number of amides is 1. The van der Waals surface area contributed by atoms with E-state index < -0.39 is 15.9 Å². The minimum Gasteiger partial charge on any atom is -0.361 e. The zero-order chi connectivity index (χ0) is 26.7. The molecule has 1 heterocycles. The van der Waals surface area contributed by atoms with Gasteiger partial charge in [-0.05, 0) is 71.4 Å². The van der Waals surface area contributed by atoms with E-state index in [2.05, 4.69) is 40.3 Å². The molecule has 9 heteroatoms. The number of rotatable bonds is 9. The molecule has 1 unspecified atom stereocenters. The van der Waals surface area contributed by atoms with Gasteiger partial charge in [0.15, 0.2) is 0 Å². The second-order valence-corrected chi connectivity index (χ2v) is 11.2. The van der Waals surface area contributed by atoms with Crippen molar-refractivity contribution in [3.63, 3.8) is 0 Å². The van der Waals surface area contributed by atoms with E-state index in [4.69, 9.17) is 10.3 Å². The minimum atomic E-state index is -3.79. The first-order chi connectivity index (χ1) is 18.3. The molecule has 8 nitrogen and oxygen atoms in total. The van der Waals surface area contributed by atoms with Gasteiger partial charge in [-0.25, -0.2) is 19.0 Å². The van der Waals surface area contributed by atoms with Gasteiger partial charge in [-0.15, -0.1) is 0 Å². The Labute approximate surface area is 221 Å². The standard InChI is InChI=1S/C29H30N4O4S/c30-38(36,37)24-5-3-4-21(17-24)19-33(15-14-23-18-31-27-7-2-1-6-25(23)27)28-12-10-22-16-20(8-11-26(22)28)9-13-29(34)32-35/h1-9,11,13,16-18,28,31,35H,10,12,14-15,19H2,(H,32,34)(H2,30,36,37)/b13-9+. The molecule has 0 saturated carbocycles. The Hall–Kier alpha value is -3.76. The average molecular weight is 531 g/mol. The van der Waals surface area contributed by atoms with Gasteiger partial charge in [0.2, 0.25) is 10.0 Å². The van der Waals surface area contributed by atoms with E-state index in [1.54, 1.807) is 23.7 Å². The number of sulfonamides is 1. The highest BCUT2D eigenvalue weighted by atomic mass is 32.2. The fraction of sp³-hybridized carbons (Fsp3) is 0.207. The number of fused-ring (bicyclic) bond motifs is 2. The van der Waals surface area contributed by atoms with Crippen LogP contribution >= 0.6 is 0 Å². The summed E-state index contributed by atoms with van der Waals surface area (Å²) in [5, 5.41) is 15.3. The molecule has 0 saturated heterocycles. The first kappa shape index (κ1) is 25.9. The van der Waals surface area contributed by atoms with E-state index in [1.807, 2.05) is 24.3 Å². The molecule has 0 bridgehead atoms. The fourth-order valence-corrected chi connectivity index (χ4v) is 5.89. The van der Waals surface area contributed by atoms with Crippen LogP contribution in [0.4, 0.5) is 0 Å². The molecule has 1 aliphatic carbocycles. The van der Waals surface area contributed by atoms with Crippen LogP contribution in [0.1, 0.15) is 40.3 Å². The zero-order valence-corrected chi connectivity index (χ0v) is 21.6. The Kier molecular flexibility index (Phi) is 7.44. The molecular formula is C29H30N4O4S.